The molecule has 1 aromatic heterocycles. The SMILES string of the molecule is CCc1cccc(OCc2cncc(-c3ccc(Cl)cc3)c2)c1. The van der Waals surface area contributed by atoms with Gasteiger partial charge in [0.25, 0.3) is 0 Å². The molecule has 0 fully saturated rings. The summed E-state index contributed by atoms with van der Waals surface area (Å²) in [6, 6.07) is 18.0. The summed E-state index contributed by atoms with van der Waals surface area (Å²) in [5.74, 6) is 0.890. The van der Waals surface area contributed by atoms with Crippen LogP contribution in [0.1, 0.15) is 18.1 Å². The first kappa shape index (κ1) is 15.6. The van der Waals surface area contributed by atoms with Gasteiger partial charge in [-0.2, -0.15) is 0 Å². The van der Waals surface area contributed by atoms with Crippen molar-refractivity contribution in [3.05, 3.63) is 83.1 Å². The van der Waals surface area contributed by atoms with Gasteiger partial charge in [-0.25, -0.2) is 0 Å². The Bertz CT molecular complexity index is 784. The van der Waals surface area contributed by atoms with Crippen LogP contribution in [0.25, 0.3) is 11.1 Å². The van der Waals surface area contributed by atoms with E-state index >= 15 is 0 Å². The minimum absolute atomic E-state index is 0.502. The van der Waals surface area contributed by atoms with Gasteiger partial charge in [-0.15, -0.1) is 0 Å². The van der Waals surface area contributed by atoms with E-state index in [-0.39, 0.29) is 0 Å². The molecule has 0 N–H and O–H groups in total. The molecule has 2 aromatic carbocycles. The van der Waals surface area contributed by atoms with Crippen molar-refractivity contribution in [2.24, 2.45) is 0 Å². The molecule has 3 heteroatoms. The molecule has 23 heavy (non-hydrogen) atoms. The van der Waals surface area contributed by atoms with Gasteiger partial charge in [0, 0.05) is 28.5 Å². The van der Waals surface area contributed by atoms with E-state index in [1.807, 2.05) is 48.8 Å². The minimum Gasteiger partial charge on any atom is -0.489 e. The normalized spacial score (nSPS) is 10.5. The van der Waals surface area contributed by atoms with E-state index in [1.54, 1.807) is 0 Å². The molecule has 0 atom stereocenters. The Morgan fingerprint density at radius 3 is 2.52 bits per heavy atom. The molecule has 2 nitrogen and oxygen atoms in total. The molecular formula is C20H18ClNO. The van der Waals surface area contributed by atoms with Crippen molar-refractivity contribution in [3.8, 4) is 16.9 Å². The van der Waals surface area contributed by atoms with Gasteiger partial charge < -0.3 is 4.74 Å². The van der Waals surface area contributed by atoms with Crippen LogP contribution in [0.15, 0.2) is 67.0 Å². The zero-order chi connectivity index (χ0) is 16.1. The van der Waals surface area contributed by atoms with E-state index in [0.29, 0.717) is 6.61 Å². The summed E-state index contributed by atoms with van der Waals surface area (Å²) in [5.41, 5.74) is 4.47. The van der Waals surface area contributed by atoms with Crippen LogP contribution in [0.5, 0.6) is 5.75 Å². The van der Waals surface area contributed by atoms with E-state index in [0.717, 1.165) is 33.9 Å². The van der Waals surface area contributed by atoms with Crippen molar-refractivity contribution in [2.75, 3.05) is 0 Å². The molecule has 0 radical (unpaired) electrons. The number of rotatable bonds is 5. The molecule has 1 heterocycles. The standard InChI is InChI=1S/C20H18ClNO/c1-2-15-4-3-5-20(11-15)23-14-16-10-18(13-22-12-16)17-6-8-19(21)9-7-17/h3-13H,2,14H2,1H3. The van der Waals surface area contributed by atoms with Crippen LogP contribution in [-0.4, -0.2) is 4.98 Å². The zero-order valence-corrected chi connectivity index (χ0v) is 13.8. The molecule has 116 valence electrons. The third-order valence-corrected chi connectivity index (χ3v) is 3.94. The quantitative estimate of drug-likeness (QED) is 0.614. The lowest BCUT2D eigenvalue weighted by molar-refractivity contribution is 0.305. The molecule has 0 unspecified atom stereocenters. The van der Waals surface area contributed by atoms with Crippen LogP contribution in [0.4, 0.5) is 0 Å². The predicted molar refractivity (Wildman–Crippen MR) is 94.8 cm³/mol. The highest BCUT2D eigenvalue weighted by Gasteiger charge is 2.02. The highest BCUT2D eigenvalue weighted by atomic mass is 35.5. The maximum absolute atomic E-state index is 5.94. The molecule has 0 amide bonds. The first-order valence-corrected chi connectivity index (χ1v) is 8.04. The summed E-state index contributed by atoms with van der Waals surface area (Å²) in [6.45, 7) is 2.64. The Labute approximate surface area is 141 Å². The number of aromatic nitrogens is 1. The van der Waals surface area contributed by atoms with Crippen molar-refractivity contribution in [3.63, 3.8) is 0 Å². The number of benzene rings is 2. The van der Waals surface area contributed by atoms with Crippen molar-refractivity contribution in [1.82, 2.24) is 4.98 Å². The Hall–Kier alpha value is -2.32. The molecule has 0 saturated heterocycles. The Kier molecular flexibility index (Phi) is 4.94. The first-order chi connectivity index (χ1) is 11.2. The average Bonchev–Trinajstić information content (AvgIpc) is 2.61. The fourth-order valence-corrected chi connectivity index (χ4v) is 2.51. The highest BCUT2D eigenvalue weighted by Crippen LogP contribution is 2.22. The fourth-order valence-electron chi connectivity index (χ4n) is 2.39. The maximum atomic E-state index is 5.94. The van der Waals surface area contributed by atoms with E-state index in [2.05, 4.69) is 30.1 Å². The van der Waals surface area contributed by atoms with E-state index < -0.39 is 0 Å². The van der Waals surface area contributed by atoms with Crippen LogP contribution in [0.3, 0.4) is 0 Å². The Balaban J connectivity index is 1.73. The smallest absolute Gasteiger partial charge is 0.120 e. The number of nitrogens with zero attached hydrogens (tertiary/aromatic N) is 1. The number of halogens is 1. The van der Waals surface area contributed by atoms with Crippen molar-refractivity contribution in [2.45, 2.75) is 20.0 Å². The molecule has 0 spiro atoms. The highest BCUT2D eigenvalue weighted by molar-refractivity contribution is 6.30. The van der Waals surface area contributed by atoms with Gasteiger partial charge in [0.05, 0.1) is 0 Å². The van der Waals surface area contributed by atoms with Gasteiger partial charge in [0.15, 0.2) is 0 Å². The zero-order valence-electron chi connectivity index (χ0n) is 13.0. The number of pyridine rings is 1. The predicted octanol–water partition coefficient (Wildman–Crippen LogP) is 5.54. The lowest BCUT2D eigenvalue weighted by Crippen LogP contribution is -1.97. The summed E-state index contributed by atoms with van der Waals surface area (Å²) < 4.78 is 5.88. The number of ether oxygens (including phenoxy) is 1. The lowest BCUT2D eigenvalue weighted by atomic mass is 10.1. The third kappa shape index (κ3) is 4.11. The van der Waals surface area contributed by atoms with Crippen LogP contribution in [0.2, 0.25) is 5.02 Å². The summed E-state index contributed by atoms with van der Waals surface area (Å²) >= 11 is 5.94. The number of aryl methyl sites for hydroxylation is 1. The third-order valence-electron chi connectivity index (χ3n) is 3.68. The molecule has 0 aliphatic heterocycles. The van der Waals surface area contributed by atoms with Crippen LogP contribution in [0, 0.1) is 0 Å². The van der Waals surface area contributed by atoms with E-state index in [9.17, 15) is 0 Å². The molecule has 0 aliphatic carbocycles. The molecule has 3 rings (SSSR count). The largest absolute Gasteiger partial charge is 0.489 e. The van der Waals surface area contributed by atoms with Gasteiger partial charge in [0.2, 0.25) is 0 Å². The van der Waals surface area contributed by atoms with E-state index in [1.165, 1.54) is 5.56 Å². The fraction of sp³-hybridized carbons (Fsp3) is 0.150. The monoisotopic (exact) mass is 323 g/mol. The minimum atomic E-state index is 0.502. The van der Waals surface area contributed by atoms with Crippen molar-refractivity contribution >= 4 is 11.6 Å². The van der Waals surface area contributed by atoms with Gasteiger partial charge >= 0.3 is 0 Å². The van der Waals surface area contributed by atoms with Gasteiger partial charge in [-0.1, -0.05) is 42.8 Å². The molecule has 0 aliphatic rings. The van der Waals surface area contributed by atoms with Gasteiger partial charge in [-0.3, -0.25) is 4.98 Å². The molecule has 0 bridgehead atoms. The summed E-state index contributed by atoms with van der Waals surface area (Å²) in [6.07, 6.45) is 4.69. The van der Waals surface area contributed by atoms with Crippen LogP contribution < -0.4 is 4.74 Å². The summed E-state index contributed by atoms with van der Waals surface area (Å²) in [4.78, 5) is 4.32. The van der Waals surface area contributed by atoms with E-state index in [4.69, 9.17) is 16.3 Å². The molecule has 3 aromatic rings. The molecular weight excluding hydrogens is 306 g/mol. The molecule has 0 saturated carbocycles. The Morgan fingerprint density at radius 2 is 1.74 bits per heavy atom. The second kappa shape index (κ2) is 7.30. The number of hydrogen-bond donors (Lipinski definition) is 0. The lowest BCUT2D eigenvalue weighted by Gasteiger charge is -2.09. The second-order valence-corrected chi connectivity index (χ2v) is 5.81. The van der Waals surface area contributed by atoms with Crippen LogP contribution >= 0.6 is 11.6 Å². The first-order valence-electron chi connectivity index (χ1n) is 7.66. The van der Waals surface area contributed by atoms with Crippen molar-refractivity contribution in [1.29, 1.82) is 0 Å². The van der Waals surface area contributed by atoms with Crippen molar-refractivity contribution < 1.29 is 4.74 Å². The Morgan fingerprint density at radius 1 is 0.913 bits per heavy atom. The second-order valence-electron chi connectivity index (χ2n) is 5.38. The summed E-state index contributed by atoms with van der Waals surface area (Å²) in [7, 11) is 0. The topological polar surface area (TPSA) is 22.1 Å². The van der Waals surface area contributed by atoms with Crippen LogP contribution in [-0.2, 0) is 13.0 Å². The number of hydrogen-bond acceptors (Lipinski definition) is 2. The maximum Gasteiger partial charge on any atom is 0.120 e. The summed E-state index contributed by atoms with van der Waals surface area (Å²) in [5, 5.41) is 0.733. The van der Waals surface area contributed by atoms with Gasteiger partial charge in [0.1, 0.15) is 12.4 Å². The average molecular weight is 324 g/mol. The van der Waals surface area contributed by atoms with Gasteiger partial charge in [-0.05, 0) is 47.9 Å².